The Hall–Kier alpha value is -0.0900. The number of hydrogen-bond acceptors (Lipinski definition) is 3. The predicted octanol–water partition coefficient (Wildman–Crippen LogP) is 1.59. The molecule has 1 heterocycles. The summed E-state index contributed by atoms with van der Waals surface area (Å²) in [6.45, 7) is 4.12. The second kappa shape index (κ2) is 6.48. The molecule has 1 unspecified atom stereocenters. The van der Waals surface area contributed by atoms with Gasteiger partial charge >= 0.3 is 0 Å². The maximum atomic E-state index is 11.2. The highest BCUT2D eigenvalue weighted by atomic mass is 32.2. The van der Waals surface area contributed by atoms with Crippen molar-refractivity contribution in [2.45, 2.75) is 39.0 Å². The Morgan fingerprint density at radius 1 is 1.27 bits per heavy atom. The molecule has 4 heteroatoms. The van der Waals surface area contributed by atoms with Gasteiger partial charge in [-0.25, -0.2) is 8.42 Å². The molecule has 0 spiro atoms. The molecule has 0 saturated carbocycles. The first-order valence-corrected chi connectivity index (χ1v) is 7.87. The molecule has 1 rings (SSSR count). The molecule has 0 bridgehead atoms. The van der Waals surface area contributed by atoms with Crippen LogP contribution in [-0.2, 0) is 9.84 Å². The van der Waals surface area contributed by atoms with Crippen LogP contribution in [0, 0.1) is 5.92 Å². The summed E-state index contributed by atoms with van der Waals surface area (Å²) < 4.78 is 22.4. The van der Waals surface area contributed by atoms with E-state index in [2.05, 4.69) is 12.2 Å². The zero-order chi connectivity index (χ0) is 11.1. The Balaban J connectivity index is 1.97. The van der Waals surface area contributed by atoms with Crippen molar-refractivity contribution in [3.05, 3.63) is 0 Å². The van der Waals surface area contributed by atoms with Gasteiger partial charge in [0.15, 0.2) is 9.84 Å². The van der Waals surface area contributed by atoms with Crippen LogP contribution in [0.1, 0.15) is 39.0 Å². The molecule has 0 aromatic heterocycles. The van der Waals surface area contributed by atoms with Crippen LogP contribution in [0.3, 0.4) is 0 Å². The van der Waals surface area contributed by atoms with Gasteiger partial charge in [-0.3, -0.25) is 0 Å². The van der Waals surface area contributed by atoms with Crippen LogP contribution < -0.4 is 5.32 Å². The fourth-order valence-corrected chi connectivity index (χ4v) is 3.88. The summed E-state index contributed by atoms with van der Waals surface area (Å²) in [6.07, 6.45) is 5.92. The maximum absolute atomic E-state index is 11.2. The van der Waals surface area contributed by atoms with Gasteiger partial charge in [-0.15, -0.1) is 0 Å². The molecule has 1 N–H and O–H groups in total. The lowest BCUT2D eigenvalue weighted by atomic mass is 10.1. The maximum Gasteiger partial charge on any atom is 0.150 e. The van der Waals surface area contributed by atoms with Gasteiger partial charge < -0.3 is 5.32 Å². The highest BCUT2D eigenvalue weighted by molar-refractivity contribution is 7.91. The summed E-state index contributed by atoms with van der Waals surface area (Å²) in [5, 5.41) is 3.36. The minimum atomic E-state index is -2.69. The van der Waals surface area contributed by atoms with E-state index in [1.807, 2.05) is 0 Å². The molecular formula is C11H23NO2S. The molecule has 15 heavy (non-hydrogen) atoms. The van der Waals surface area contributed by atoms with Crippen LogP contribution in [0.4, 0.5) is 0 Å². The third-order valence-electron chi connectivity index (χ3n) is 2.97. The zero-order valence-electron chi connectivity index (χ0n) is 9.67. The Morgan fingerprint density at radius 3 is 2.67 bits per heavy atom. The van der Waals surface area contributed by atoms with Crippen LogP contribution in [0.5, 0.6) is 0 Å². The molecular weight excluding hydrogens is 210 g/mol. The van der Waals surface area contributed by atoms with Gasteiger partial charge in [0, 0.05) is 0 Å². The molecule has 1 aliphatic heterocycles. The normalized spacial score (nSPS) is 24.5. The summed E-state index contributed by atoms with van der Waals surface area (Å²) >= 11 is 0. The number of unbranched alkanes of at least 4 members (excludes halogenated alkanes) is 3. The molecule has 3 nitrogen and oxygen atoms in total. The van der Waals surface area contributed by atoms with Crippen LogP contribution in [0.15, 0.2) is 0 Å². The molecule has 1 fully saturated rings. The van der Waals surface area contributed by atoms with Gasteiger partial charge in [0.2, 0.25) is 0 Å². The molecule has 1 atom stereocenters. The van der Waals surface area contributed by atoms with Crippen molar-refractivity contribution in [3.63, 3.8) is 0 Å². The van der Waals surface area contributed by atoms with Crippen molar-refractivity contribution in [1.29, 1.82) is 0 Å². The Bertz CT molecular complexity index is 262. The van der Waals surface area contributed by atoms with Gasteiger partial charge in [-0.2, -0.15) is 0 Å². The van der Waals surface area contributed by atoms with Gasteiger partial charge in [0.25, 0.3) is 0 Å². The third-order valence-corrected chi connectivity index (χ3v) is 4.80. The van der Waals surface area contributed by atoms with E-state index >= 15 is 0 Å². The van der Waals surface area contributed by atoms with E-state index < -0.39 is 9.84 Å². The van der Waals surface area contributed by atoms with Crippen LogP contribution in [0.25, 0.3) is 0 Å². The van der Waals surface area contributed by atoms with E-state index in [0.29, 0.717) is 17.4 Å². The van der Waals surface area contributed by atoms with Gasteiger partial charge in [-0.05, 0) is 31.8 Å². The summed E-state index contributed by atoms with van der Waals surface area (Å²) in [5.41, 5.74) is 0. The fraction of sp³-hybridized carbons (Fsp3) is 1.00. The first-order chi connectivity index (χ1) is 7.14. The summed E-state index contributed by atoms with van der Waals surface area (Å²) in [7, 11) is -2.69. The van der Waals surface area contributed by atoms with E-state index in [1.54, 1.807) is 0 Å². The van der Waals surface area contributed by atoms with Crippen molar-refractivity contribution in [2.75, 3.05) is 24.6 Å². The van der Waals surface area contributed by atoms with Crippen molar-refractivity contribution >= 4 is 9.84 Å². The monoisotopic (exact) mass is 233 g/mol. The van der Waals surface area contributed by atoms with E-state index in [0.717, 1.165) is 19.5 Å². The van der Waals surface area contributed by atoms with Crippen molar-refractivity contribution < 1.29 is 8.42 Å². The van der Waals surface area contributed by atoms with E-state index in [4.69, 9.17) is 0 Å². The van der Waals surface area contributed by atoms with E-state index in [-0.39, 0.29) is 0 Å². The SMILES string of the molecule is CCCCCCNCC1CCS(=O)(=O)C1. The molecule has 1 aliphatic rings. The van der Waals surface area contributed by atoms with Gasteiger partial charge in [0.05, 0.1) is 11.5 Å². The summed E-state index contributed by atoms with van der Waals surface area (Å²) in [6, 6.07) is 0. The van der Waals surface area contributed by atoms with Crippen molar-refractivity contribution in [2.24, 2.45) is 5.92 Å². The lowest BCUT2D eigenvalue weighted by Gasteiger charge is -2.08. The number of rotatable bonds is 7. The molecule has 0 radical (unpaired) electrons. The zero-order valence-corrected chi connectivity index (χ0v) is 10.5. The smallest absolute Gasteiger partial charge is 0.150 e. The standard InChI is InChI=1S/C11H23NO2S/c1-2-3-4-5-7-12-9-11-6-8-15(13,14)10-11/h11-12H,2-10H2,1H3. The Kier molecular flexibility index (Phi) is 5.61. The first kappa shape index (κ1) is 13.0. The van der Waals surface area contributed by atoms with Crippen LogP contribution >= 0.6 is 0 Å². The van der Waals surface area contributed by atoms with Crippen LogP contribution in [-0.4, -0.2) is 33.0 Å². The molecule has 90 valence electrons. The number of sulfone groups is 1. The van der Waals surface area contributed by atoms with E-state index in [9.17, 15) is 8.42 Å². The number of hydrogen-bond donors (Lipinski definition) is 1. The lowest BCUT2D eigenvalue weighted by molar-refractivity contribution is 0.506. The second-order valence-corrected chi connectivity index (χ2v) is 6.76. The van der Waals surface area contributed by atoms with E-state index in [1.165, 1.54) is 25.7 Å². The van der Waals surface area contributed by atoms with Crippen molar-refractivity contribution in [3.8, 4) is 0 Å². The molecule has 0 aliphatic carbocycles. The first-order valence-electron chi connectivity index (χ1n) is 6.05. The topological polar surface area (TPSA) is 46.2 Å². The largest absolute Gasteiger partial charge is 0.316 e. The van der Waals surface area contributed by atoms with Crippen LogP contribution in [0.2, 0.25) is 0 Å². The Morgan fingerprint density at radius 2 is 2.07 bits per heavy atom. The summed E-state index contributed by atoms with van der Waals surface area (Å²) in [4.78, 5) is 0. The van der Waals surface area contributed by atoms with Gasteiger partial charge in [-0.1, -0.05) is 26.2 Å². The minimum Gasteiger partial charge on any atom is -0.316 e. The predicted molar refractivity (Wildman–Crippen MR) is 63.8 cm³/mol. The fourth-order valence-electron chi connectivity index (χ4n) is 2.02. The molecule has 0 aromatic carbocycles. The quantitative estimate of drug-likeness (QED) is 0.679. The second-order valence-electron chi connectivity index (χ2n) is 4.53. The molecule has 0 aromatic rings. The highest BCUT2D eigenvalue weighted by Crippen LogP contribution is 2.17. The van der Waals surface area contributed by atoms with Gasteiger partial charge in [0.1, 0.15) is 0 Å². The third kappa shape index (κ3) is 5.52. The minimum absolute atomic E-state index is 0.362. The molecule has 0 amide bonds. The number of nitrogens with one attached hydrogen (secondary N) is 1. The average molecular weight is 233 g/mol. The summed E-state index contributed by atoms with van der Waals surface area (Å²) in [5.74, 6) is 1.16. The Labute approximate surface area is 93.6 Å². The highest BCUT2D eigenvalue weighted by Gasteiger charge is 2.27. The average Bonchev–Trinajstić information content (AvgIpc) is 2.52. The lowest BCUT2D eigenvalue weighted by Crippen LogP contribution is -2.24. The molecule has 1 saturated heterocycles. The van der Waals surface area contributed by atoms with Crippen molar-refractivity contribution in [1.82, 2.24) is 5.32 Å².